The minimum atomic E-state index is -2.15. The second kappa shape index (κ2) is 24.3. The Kier molecular flexibility index (Phi) is 18.4. The smallest absolute Gasteiger partial charge is 0.187 e. The molecule has 35 unspecified atom stereocenters. The minimum absolute atomic E-state index is 0.00759. The van der Waals surface area contributed by atoms with Gasteiger partial charge in [-0.05, 0) is 73.7 Å². The molecule has 7 saturated heterocycles. The van der Waals surface area contributed by atoms with Gasteiger partial charge in [-0.15, -0.1) is 0 Å². The van der Waals surface area contributed by atoms with Crippen LogP contribution in [0.4, 0.5) is 0 Å². The number of ether oxygens (including phenoxy) is 12. The van der Waals surface area contributed by atoms with E-state index < -0.39 is 203 Å². The number of carbonyl (C=O) groups excluding carboxylic acids is 1. The van der Waals surface area contributed by atoms with E-state index >= 15 is 0 Å². The van der Waals surface area contributed by atoms with E-state index in [4.69, 9.17) is 56.8 Å². The Morgan fingerprint density at radius 2 is 1.11 bits per heavy atom. The predicted molar refractivity (Wildman–Crippen MR) is 271 cm³/mol. The number of aliphatic hydroxyl groups excluding tert-OH is 15. The molecule has 3 saturated carbocycles. The highest BCUT2D eigenvalue weighted by Crippen LogP contribution is 2.69. The topological polar surface area (TPSA) is 431 Å². The number of fused-ring (bicyclic) bond motifs is 7. The summed E-state index contributed by atoms with van der Waals surface area (Å²) in [6, 6.07) is 0. The van der Waals surface area contributed by atoms with E-state index in [0.29, 0.717) is 12.5 Å². The van der Waals surface area contributed by atoms with Crippen molar-refractivity contribution in [2.24, 2.45) is 46.3 Å². The molecule has 0 radical (unpaired) electrons. The summed E-state index contributed by atoms with van der Waals surface area (Å²) in [5.41, 5.74) is -0.230. The van der Waals surface area contributed by atoms with Crippen LogP contribution in [0.1, 0.15) is 72.6 Å². The first-order valence-corrected chi connectivity index (χ1v) is 29.4. The fraction of sp³-hybridized carbons (Fsp3) is 0.945. The highest BCUT2D eigenvalue weighted by molar-refractivity contribution is 5.97. The molecule has 11 rings (SSSR count). The Bertz CT molecular complexity index is 2280. The van der Waals surface area contributed by atoms with Crippen molar-refractivity contribution in [2.75, 3.05) is 39.6 Å². The molecule has 0 aromatic carbocycles. The molecule has 11 aliphatic rings. The fourth-order valence-electron chi connectivity index (χ4n) is 16.2. The third kappa shape index (κ3) is 10.8. The monoisotopic (exact) mass is 1190 g/mol. The third-order valence-corrected chi connectivity index (χ3v) is 21.0. The molecule has 7 aliphatic heterocycles. The Labute approximate surface area is 478 Å². The number of aliphatic hydroxyl groups is 15. The van der Waals surface area contributed by atoms with Gasteiger partial charge >= 0.3 is 0 Å². The molecule has 15 N–H and O–H groups in total. The molecule has 1 spiro atoms. The van der Waals surface area contributed by atoms with Crippen molar-refractivity contribution in [3.63, 3.8) is 0 Å². The zero-order chi connectivity index (χ0) is 59.5. The lowest BCUT2D eigenvalue weighted by molar-refractivity contribution is -0.408. The highest BCUT2D eigenvalue weighted by atomic mass is 16.8. The number of hydrogen-bond donors (Lipinski definition) is 15. The summed E-state index contributed by atoms with van der Waals surface area (Å²) in [6.07, 6.45) is -38.6. The first kappa shape index (κ1) is 62.9. The van der Waals surface area contributed by atoms with Crippen molar-refractivity contribution in [3.8, 4) is 0 Å². The van der Waals surface area contributed by atoms with Gasteiger partial charge in [0.25, 0.3) is 0 Å². The van der Waals surface area contributed by atoms with Gasteiger partial charge in [0.15, 0.2) is 43.0 Å². The lowest BCUT2D eigenvalue weighted by Gasteiger charge is -2.57. The molecule has 0 aromatic heterocycles. The van der Waals surface area contributed by atoms with Crippen LogP contribution in [0.15, 0.2) is 11.6 Å². The fourth-order valence-corrected chi connectivity index (χ4v) is 16.2. The van der Waals surface area contributed by atoms with E-state index in [1.54, 1.807) is 0 Å². The zero-order valence-corrected chi connectivity index (χ0v) is 46.8. The number of allylic oxidation sites excluding steroid dienone is 2. The first-order chi connectivity index (χ1) is 39.4. The summed E-state index contributed by atoms with van der Waals surface area (Å²) >= 11 is 0. The van der Waals surface area contributed by atoms with Crippen LogP contribution in [0.2, 0.25) is 0 Å². The molecule has 474 valence electrons. The maximum atomic E-state index is 14.7. The standard InChI is InChI=1S/C55H86O28/c1-19-7-8-55(74-16-19)20(2)34-29(83-55)10-24-22-6-5-21-9-28(25(59)12-53(21,3)23(22)11-33(62)54(24,34)4)75-50-42(70)39(67)44(32(15-58)78-50)79-52-47(46(38(66)31(14-57)77-52)81-49-41(69)36(64)27(61)18-73-49)82-51-43(71)45(37(65)30(13-56)76-51)80-48-40(68)35(63)26(60)17-72-48/h11,19-22,24-32,34-52,56-61,63-71H,5-10,12-18H2,1-4H3. The van der Waals surface area contributed by atoms with Gasteiger partial charge in [-0.1, -0.05) is 33.3 Å². The number of ketones is 1. The van der Waals surface area contributed by atoms with Crippen LogP contribution >= 0.6 is 0 Å². The lowest BCUT2D eigenvalue weighted by atomic mass is 9.47. The van der Waals surface area contributed by atoms with Crippen molar-refractivity contribution in [1.82, 2.24) is 0 Å². The second-order valence-corrected chi connectivity index (χ2v) is 25.8. The number of rotatable bonds is 13. The molecule has 4 aliphatic carbocycles. The summed E-state index contributed by atoms with van der Waals surface area (Å²) < 4.78 is 72.5. The van der Waals surface area contributed by atoms with Crippen molar-refractivity contribution in [1.29, 1.82) is 0 Å². The van der Waals surface area contributed by atoms with Gasteiger partial charge in [0.05, 0.1) is 58.0 Å². The molecular formula is C55H86O28. The summed E-state index contributed by atoms with van der Waals surface area (Å²) in [5.74, 6) is -0.132. The van der Waals surface area contributed by atoms with E-state index in [-0.39, 0.29) is 54.3 Å². The van der Waals surface area contributed by atoms with Gasteiger partial charge in [0.2, 0.25) is 0 Å². The molecule has 83 heavy (non-hydrogen) atoms. The van der Waals surface area contributed by atoms with Crippen molar-refractivity contribution < 1.29 is 138 Å². The van der Waals surface area contributed by atoms with Crippen molar-refractivity contribution in [2.45, 2.75) is 238 Å². The Morgan fingerprint density at radius 1 is 0.554 bits per heavy atom. The van der Waals surface area contributed by atoms with Crippen LogP contribution in [-0.4, -0.2) is 287 Å². The van der Waals surface area contributed by atoms with Crippen LogP contribution in [0.3, 0.4) is 0 Å². The summed E-state index contributed by atoms with van der Waals surface area (Å²) in [6.45, 7) is 5.17. The zero-order valence-electron chi connectivity index (χ0n) is 46.8. The molecule has 35 atom stereocenters. The van der Waals surface area contributed by atoms with Gasteiger partial charge in [0, 0.05) is 23.7 Å². The molecular weight excluding hydrogens is 1110 g/mol. The SMILES string of the molecule is CC1CCC2(OC1)OC1CC3C4CCC5CC(OC6OC(CO)C(OC7OC(CO)C(O)C(OC8OCC(O)C(O)C8O)C7OC7OC(CO)C(O)C(OC8OCC(O)C(O)C8O)C7O)C(O)C6O)C(O)CC5(C)C4=CC(=O)C3(C)C1C2C. The van der Waals surface area contributed by atoms with E-state index in [1.807, 2.05) is 6.08 Å². The molecule has 28 heteroatoms. The molecule has 0 bridgehead atoms. The molecule has 0 aromatic rings. The van der Waals surface area contributed by atoms with E-state index in [9.17, 15) is 81.4 Å². The van der Waals surface area contributed by atoms with E-state index in [0.717, 1.165) is 37.7 Å². The molecule has 0 amide bonds. The first-order valence-electron chi connectivity index (χ1n) is 29.4. The minimum Gasteiger partial charge on any atom is -0.394 e. The normalized spacial score (nSPS) is 56.4. The second-order valence-electron chi connectivity index (χ2n) is 25.8. The lowest BCUT2D eigenvalue weighted by Crippen LogP contribution is -2.69. The van der Waals surface area contributed by atoms with Crippen LogP contribution in [0.5, 0.6) is 0 Å². The largest absolute Gasteiger partial charge is 0.394 e. The molecule has 7 heterocycles. The third-order valence-electron chi connectivity index (χ3n) is 21.0. The maximum absolute atomic E-state index is 14.7. The quantitative estimate of drug-likeness (QED) is 0.0764. The van der Waals surface area contributed by atoms with Crippen LogP contribution < -0.4 is 0 Å². The average molecular weight is 1200 g/mol. The molecule has 10 fully saturated rings. The predicted octanol–water partition coefficient (Wildman–Crippen LogP) is -5.74. The van der Waals surface area contributed by atoms with Crippen molar-refractivity contribution in [3.05, 3.63) is 11.6 Å². The Morgan fingerprint density at radius 3 is 1.72 bits per heavy atom. The summed E-state index contributed by atoms with van der Waals surface area (Å²) in [5, 5.41) is 165. The van der Waals surface area contributed by atoms with Gasteiger partial charge < -0.3 is 133 Å². The van der Waals surface area contributed by atoms with E-state index in [2.05, 4.69) is 27.7 Å². The number of carbonyl (C=O) groups is 1. The van der Waals surface area contributed by atoms with Crippen molar-refractivity contribution >= 4 is 5.78 Å². The molecule has 28 nitrogen and oxygen atoms in total. The van der Waals surface area contributed by atoms with Crippen LogP contribution in [0.25, 0.3) is 0 Å². The Hall–Kier alpha value is -1.67. The van der Waals surface area contributed by atoms with E-state index in [1.165, 1.54) is 0 Å². The number of hydrogen-bond acceptors (Lipinski definition) is 28. The summed E-state index contributed by atoms with van der Waals surface area (Å²) in [7, 11) is 0. The van der Waals surface area contributed by atoms with Gasteiger partial charge in [0.1, 0.15) is 110 Å². The van der Waals surface area contributed by atoms with Gasteiger partial charge in [-0.3, -0.25) is 4.79 Å². The Balaban J connectivity index is 0.804. The van der Waals surface area contributed by atoms with Gasteiger partial charge in [-0.25, -0.2) is 0 Å². The van der Waals surface area contributed by atoms with Gasteiger partial charge in [-0.2, -0.15) is 0 Å². The summed E-state index contributed by atoms with van der Waals surface area (Å²) in [4.78, 5) is 14.7. The van der Waals surface area contributed by atoms with Crippen LogP contribution in [-0.2, 0) is 61.6 Å². The average Bonchev–Trinajstić information content (AvgIpc) is 1.62. The highest BCUT2D eigenvalue weighted by Gasteiger charge is 2.71. The van der Waals surface area contributed by atoms with Crippen LogP contribution in [0, 0.1) is 46.3 Å². The maximum Gasteiger partial charge on any atom is 0.187 e.